The van der Waals surface area contributed by atoms with Crippen molar-refractivity contribution >= 4 is 52.0 Å². The molecule has 1 heterocycles. The van der Waals surface area contributed by atoms with Gasteiger partial charge in [0.2, 0.25) is 5.91 Å². The number of thioether (sulfide) groups is 1. The molecule has 0 bridgehead atoms. The van der Waals surface area contributed by atoms with Gasteiger partial charge < -0.3 is 10.2 Å². The maximum atomic E-state index is 12.6. The number of halogens is 1. The third-order valence-electron chi connectivity index (χ3n) is 4.23. The Morgan fingerprint density at radius 2 is 1.93 bits per heavy atom. The Hall–Kier alpha value is -2.84. The second-order valence-electron chi connectivity index (χ2n) is 6.58. The Balaban J connectivity index is 1.73. The van der Waals surface area contributed by atoms with Gasteiger partial charge in [-0.1, -0.05) is 35.5 Å². The highest BCUT2D eigenvalue weighted by Gasteiger charge is 2.29. The summed E-state index contributed by atoms with van der Waals surface area (Å²) >= 11 is 7.15. The van der Waals surface area contributed by atoms with Gasteiger partial charge >= 0.3 is 0 Å². The molecular formula is C20H18ClN3O4S. The van der Waals surface area contributed by atoms with E-state index in [2.05, 4.69) is 5.32 Å². The highest BCUT2D eigenvalue weighted by atomic mass is 35.5. The fraction of sp³-hybridized carbons (Fsp3) is 0.200. The van der Waals surface area contributed by atoms with E-state index in [4.69, 9.17) is 11.6 Å². The van der Waals surface area contributed by atoms with Crippen LogP contribution in [0.15, 0.2) is 42.5 Å². The highest BCUT2D eigenvalue weighted by molar-refractivity contribution is 8.14. The molecule has 0 aromatic heterocycles. The molecule has 0 atom stereocenters. The lowest BCUT2D eigenvalue weighted by atomic mass is 10.1. The van der Waals surface area contributed by atoms with Gasteiger partial charge in [0.15, 0.2) is 0 Å². The summed E-state index contributed by atoms with van der Waals surface area (Å²) in [5.41, 5.74) is 1.84. The molecule has 2 aromatic carbocycles. The molecule has 0 saturated carbocycles. The number of carbonyl (C=O) groups excluding carboxylic acids is 4. The van der Waals surface area contributed by atoms with Gasteiger partial charge in [-0.3, -0.25) is 24.1 Å². The van der Waals surface area contributed by atoms with Crippen molar-refractivity contribution in [2.45, 2.75) is 6.54 Å². The van der Waals surface area contributed by atoms with Gasteiger partial charge in [-0.2, -0.15) is 0 Å². The van der Waals surface area contributed by atoms with Crippen LogP contribution in [0.1, 0.15) is 26.3 Å². The summed E-state index contributed by atoms with van der Waals surface area (Å²) in [6.07, 6.45) is 0. The van der Waals surface area contributed by atoms with E-state index in [0.717, 1.165) is 11.8 Å². The second kappa shape index (κ2) is 8.67. The van der Waals surface area contributed by atoms with Crippen LogP contribution in [0.4, 0.5) is 10.5 Å². The first-order valence-corrected chi connectivity index (χ1v) is 10.0. The maximum absolute atomic E-state index is 12.6. The lowest BCUT2D eigenvalue weighted by molar-refractivity contribution is -0.125. The SMILES string of the molecule is CN(C)C(=O)c1ccc(NC(=O)c2cccc(CN3C(=O)CSC3=O)c2)cc1Cl. The first-order valence-electron chi connectivity index (χ1n) is 8.65. The molecular weight excluding hydrogens is 414 g/mol. The van der Waals surface area contributed by atoms with Crippen molar-refractivity contribution in [2.75, 3.05) is 25.2 Å². The molecule has 1 N–H and O–H groups in total. The predicted molar refractivity (Wildman–Crippen MR) is 112 cm³/mol. The number of anilines is 1. The molecule has 0 spiro atoms. The van der Waals surface area contributed by atoms with Crippen molar-refractivity contribution in [2.24, 2.45) is 0 Å². The van der Waals surface area contributed by atoms with Crippen molar-refractivity contribution in [1.29, 1.82) is 0 Å². The number of benzene rings is 2. The topological polar surface area (TPSA) is 86.8 Å². The minimum Gasteiger partial charge on any atom is -0.345 e. The zero-order valence-corrected chi connectivity index (χ0v) is 17.3. The van der Waals surface area contributed by atoms with Crippen LogP contribution in [-0.4, -0.2) is 52.6 Å². The van der Waals surface area contributed by atoms with Crippen LogP contribution in [0.3, 0.4) is 0 Å². The quantitative estimate of drug-likeness (QED) is 0.783. The minimum absolute atomic E-state index is 0.124. The van der Waals surface area contributed by atoms with Crippen LogP contribution in [0, 0.1) is 0 Å². The van der Waals surface area contributed by atoms with E-state index in [1.165, 1.54) is 15.9 Å². The Bertz CT molecular complexity index is 993. The first kappa shape index (κ1) is 20.9. The Labute approximate surface area is 177 Å². The molecule has 150 valence electrons. The maximum Gasteiger partial charge on any atom is 0.289 e. The minimum atomic E-state index is -0.372. The molecule has 9 heteroatoms. The van der Waals surface area contributed by atoms with Crippen LogP contribution in [0.2, 0.25) is 5.02 Å². The van der Waals surface area contributed by atoms with Crippen LogP contribution in [-0.2, 0) is 11.3 Å². The monoisotopic (exact) mass is 431 g/mol. The van der Waals surface area contributed by atoms with Gasteiger partial charge in [0, 0.05) is 25.3 Å². The van der Waals surface area contributed by atoms with Gasteiger partial charge in [0.1, 0.15) is 0 Å². The van der Waals surface area contributed by atoms with E-state index in [0.29, 0.717) is 22.4 Å². The third-order valence-corrected chi connectivity index (χ3v) is 5.41. The normalized spacial score (nSPS) is 13.6. The molecule has 1 aliphatic heterocycles. The molecule has 4 amide bonds. The zero-order chi connectivity index (χ0) is 21.1. The van der Waals surface area contributed by atoms with Crippen molar-refractivity contribution in [3.8, 4) is 0 Å². The molecule has 0 unspecified atom stereocenters. The number of carbonyl (C=O) groups is 4. The van der Waals surface area contributed by atoms with Crippen LogP contribution in [0.25, 0.3) is 0 Å². The van der Waals surface area contributed by atoms with Gasteiger partial charge in [0.25, 0.3) is 17.1 Å². The fourth-order valence-electron chi connectivity index (χ4n) is 2.74. The number of nitrogens with zero attached hydrogens (tertiary/aromatic N) is 2. The lowest BCUT2D eigenvalue weighted by Gasteiger charge is -2.14. The molecule has 3 rings (SSSR count). The van der Waals surface area contributed by atoms with E-state index in [1.54, 1.807) is 50.5 Å². The second-order valence-corrected chi connectivity index (χ2v) is 7.92. The summed E-state index contributed by atoms with van der Waals surface area (Å²) in [5, 5.41) is 2.68. The van der Waals surface area contributed by atoms with E-state index in [-0.39, 0.29) is 40.3 Å². The number of nitrogens with one attached hydrogen (secondary N) is 1. The summed E-state index contributed by atoms with van der Waals surface area (Å²) < 4.78 is 0. The molecule has 1 aliphatic rings. The molecule has 0 radical (unpaired) electrons. The van der Waals surface area contributed by atoms with Crippen molar-refractivity contribution in [1.82, 2.24) is 9.80 Å². The molecule has 2 aromatic rings. The number of hydrogen-bond acceptors (Lipinski definition) is 5. The molecule has 0 aliphatic carbocycles. The van der Waals surface area contributed by atoms with Crippen LogP contribution >= 0.6 is 23.4 Å². The molecule has 1 saturated heterocycles. The molecule has 7 nitrogen and oxygen atoms in total. The van der Waals surface area contributed by atoms with E-state index < -0.39 is 0 Å². The number of rotatable bonds is 5. The summed E-state index contributed by atoms with van der Waals surface area (Å²) in [5.74, 6) is -0.698. The van der Waals surface area contributed by atoms with Crippen LogP contribution in [0.5, 0.6) is 0 Å². The summed E-state index contributed by atoms with van der Waals surface area (Å²) in [6, 6.07) is 11.4. The van der Waals surface area contributed by atoms with E-state index in [1.807, 2.05) is 0 Å². The van der Waals surface area contributed by atoms with Crippen molar-refractivity contribution in [3.05, 3.63) is 64.2 Å². The number of imide groups is 1. The zero-order valence-electron chi connectivity index (χ0n) is 15.8. The van der Waals surface area contributed by atoms with Crippen molar-refractivity contribution < 1.29 is 19.2 Å². The predicted octanol–water partition coefficient (Wildman–Crippen LogP) is 3.49. The molecule has 29 heavy (non-hydrogen) atoms. The van der Waals surface area contributed by atoms with Gasteiger partial charge in [-0.05, 0) is 35.9 Å². The van der Waals surface area contributed by atoms with Crippen molar-refractivity contribution in [3.63, 3.8) is 0 Å². The largest absolute Gasteiger partial charge is 0.345 e. The Morgan fingerprint density at radius 1 is 1.17 bits per heavy atom. The number of amides is 4. The van der Waals surface area contributed by atoms with Gasteiger partial charge in [0.05, 0.1) is 22.9 Å². The lowest BCUT2D eigenvalue weighted by Crippen LogP contribution is -2.28. The first-order chi connectivity index (χ1) is 13.8. The third kappa shape index (κ3) is 4.78. The summed E-state index contributed by atoms with van der Waals surface area (Å²) in [4.78, 5) is 50.7. The Kier molecular flexibility index (Phi) is 6.24. The average molecular weight is 432 g/mol. The number of hydrogen-bond donors (Lipinski definition) is 1. The van der Waals surface area contributed by atoms with Crippen LogP contribution < -0.4 is 5.32 Å². The van der Waals surface area contributed by atoms with Gasteiger partial charge in [-0.15, -0.1) is 0 Å². The Morgan fingerprint density at radius 3 is 2.55 bits per heavy atom. The standard InChI is InChI=1S/C20H18ClN3O4S/c1-23(2)19(27)15-7-6-14(9-16(15)21)22-18(26)13-5-3-4-12(8-13)10-24-17(25)11-29-20(24)28/h3-9H,10-11H2,1-2H3,(H,22,26). The van der Waals surface area contributed by atoms with E-state index >= 15 is 0 Å². The fourth-order valence-corrected chi connectivity index (χ4v) is 3.72. The summed E-state index contributed by atoms with van der Waals surface area (Å²) in [6.45, 7) is 0.124. The highest BCUT2D eigenvalue weighted by Crippen LogP contribution is 2.24. The summed E-state index contributed by atoms with van der Waals surface area (Å²) in [7, 11) is 3.26. The smallest absolute Gasteiger partial charge is 0.289 e. The van der Waals surface area contributed by atoms with E-state index in [9.17, 15) is 19.2 Å². The average Bonchev–Trinajstić information content (AvgIpc) is 3.00. The van der Waals surface area contributed by atoms with Gasteiger partial charge in [-0.25, -0.2) is 0 Å². The molecule has 1 fully saturated rings.